The van der Waals surface area contributed by atoms with Crippen LogP contribution in [0.15, 0.2) is 60.0 Å². The number of hydrogen-bond acceptors (Lipinski definition) is 5. The Balaban J connectivity index is 0.00000225. The van der Waals surface area contributed by atoms with Gasteiger partial charge in [-0.2, -0.15) is 0 Å². The van der Waals surface area contributed by atoms with E-state index in [0.717, 1.165) is 36.1 Å². The first kappa shape index (κ1) is 20.8. The standard InChI is InChI=1S/C22H25N3OS.ClH/c1-16-7-9-19(10-8-16)26-14-22-24-18(15-27-22)11-25-12-20(21(23)13-25)17-5-3-2-4-6-17;/h2-10,15,20-21H,11-14,23H2,1H3;1H/t20-,21+;/m0./s1. The molecule has 148 valence electrons. The first-order valence-electron chi connectivity index (χ1n) is 9.33. The summed E-state index contributed by atoms with van der Waals surface area (Å²) < 4.78 is 5.84. The summed E-state index contributed by atoms with van der Waals surface area (Å²) in [5.74, 6) is 1.28. The van der Waals surface area contributed by atoms with Crippen molar-refractivity contribution in [2.45, 2.75) is 32.0 Å². The van der Waals surface area contributed by atoms with Crippen molar-refractivity contribution < 1.29 is 4.74 Å². The molecule has 0 spiro atoms. The molecule has 2 heterocycles. The summed E-state index contributed by atoms with van der Waals surface area (Å²) in [6.07, 6.45) is 0. The van der Waals surface area contributed by atoms with E-state index >= 15 is 0 Å². The van der Waals surface area contributed by atoms with Crippen molar-refractivity contribution in [2.24, 2.45) is 5.73 Å². The quantitative estimate of drug-likeness (QED) is 0.649. The Labute approximate surface area is 176 Å². The highest BCUT2D eigenvalue weighted by Crippen LogP contribution is 2.27. The maximum absolute atomic E-state index is 6.40. The van der Waals surface area contributed by atoms with E-state index in [1.807, 2.05) is 12.1 Å². The average Bonchev–Trinajstić information content (AvgIpc) is 3.28. The number of aromatic nitrogens is 1. The minimum atomic E-state index is 0. The summed E-state index contributed by atoms with van der Waals surface area (Å²) in [4.78, 5) is 7.14. The van der Waals surface area contributed by atoms with Crippen molar-refractivity contribution in [3.8, 4) is 5.75 Å². The smallest absolute Gasteiger partial charge is 0.140 e. The van der Waals surface area contributed by atoms with Crippen LogP contribution >= 0.6 is 23.7 Å². The normalized spacial score (nSPS) is 19.4. The summed E-state index contributed by atoms with van der Waals surface area (Å²) in [7, 11) is 0. The molecule has 6 heteroatoms. The molecule has 2 aromatic carbocycles. The highest BCUT2D eigenvalue weighted by Gasteiger charge is 2.31. The van der Waals surface area contributed by atoms with Gasteiger partial charge in [-0.3, -0.25) is 4.90 Å². The molecule has 28 heavy (non-hydrogen) atoms. The molecule has 0 amide bonds. The summed E-state index contributed by atoms with van der Waals surface area (Å²) in [6.45, 7) is 5.33. The largest absolute Gasteiger partial charge is 0.486 e. The van der Waals surface area contributed by atoms with Crippen LogP contribution < -0.4 is 10.5 Å². The number of nitrogens with zero attached hydrogens (tertiary/aromatic N) is 2. The van der Waals surface area contributed by atoms with Gasteiger partial charge in [-0.15, -0.1) is 23.7 Å². The molecule has 2 atom stereocenters. The number of benzene rings is 2. The first-order chi connectivity index (χ1) is 13.2. The number of thiazole rings is 1. The van der Waals surface area contributed by atoms with Crippen molar-refractivity contribution in [2.75, 3.05) is 13.1 Å². The molecule has 0 bridgehead atoms. The van der Waals surface area contributed by atoms with E-state index in [4.69, 9.17) is 15.5 Å². The molecule has 1 fully saturated rings. The van der Waals surface area contributed by atoms with E-state index in [0.29, 0.717) is 12.5 Å². The van der Waals surface area contributed by atoms with Crippen LogP contribution in [-0.2, 0) is 13.2 Å². The fraction of sp³-hybridized carbons (Fsp3) is 0.318. The topological polar surface area (TPSA) is 51.4 Å². The molecule has 2 N–H and O–H groups in total. The van der Waals surface area contributed by atoms with E-state index < -0.39 is 0 Å². The van der Waals surface area contributed by atoms with Crippen LogP contribution in [0, 0.1) is 6.92 Å². The minimum Gasteiger partial charge on any atom is -0.486 e. The maximum Gasteiger partial charge on any atom is 0.140 e. The van der Waals surface area contributed by atoms with Crippen molar-refractivity contribution in [3.63, 3.8) is 0 Å². The predicted octanol–water partition coefficient (Wildman–Crippen LogP) is 4.38. The number of hydrogen-bond donors (Lipinski definition) is 1. The lowest BCUT2D eigenvalue weighted by molar-refractivity contribution is 0.301. The van der Waals surface area contributed by atoms with Crippen LogP contribution in [0.3, 0.4) is 0 Å². The van der Waals surface area contributed by atoms with Gasteiger partial charge in [0.05, 0.1) is 5.69 Å². The fourth-order valence-corrected chi connectivity index (χ4v) is 4.29. The lowest BCUT2D eigenvalue weighted by Crippen LogP contribution is -2.28. The lowest BCUT2D eigenvalue weighted by atomic mass is 9.95. The molecular formula is C22H26ClN3OS. The molecule has 1 aromatic heterocycles. The number of ether oxygens (including phenoxy) is 1. The Kier molecular flexibility index (Phi) is 7.08. The van der Waals surface area contributed by atoms with Crippen LogP contribution in [0.1, 0.15) is 27.7 Å². The molecule has 4 rings (SSSR count). The lowest BCUT2D eigenvalue weighted by Gasteiger charge is -2.15. The fourth-order valence-electron chi connectivity index (χ4n) is 3.59. The zero-order chi connectivity index (χ0) is 18.6. The molecule has 0 unspecified atom stereocenters. The van der Waals surface area contributed by atoms with Crippen LogP contribution in [0.4, 0.5) is 0 Å². The highest BCUT2D eigenvalue weighted by molar-refractivity contribution is 7.09. The van der Waals surface area contributed by atoms with E-state index in [2.05, 4.69) is 59.7 Å². The molecule has 1 aliphatic heterocycles. The number of likely N-dealkylation sites (tertiary alicyclic amines) is 1. The number of rotatable bonds is 6. The van der Waals surface area contributed by atoms with E-state index in [1.165, 1.54) is 11.1 Å². The highest BCUT2D eigenvalue weighted by atomic mass is 35.5. The maximum atomic E-state index is 6.40. The van der Waals surface area contributed by atoms with Crippen LogP contribution in [0.25, 0.3) is 0 Å². The minimum absolute atomic E-state index is 0. The summed E-state index contributed by atoms with van der Waals surface area (Å²) >= 11 is 1.66. The van der Waals surface area contributed by atoms with E-state index in [1.54, 1.807) is 11.3 Å². The van der Waals surface area contributed by atoms with E-state index in [-0.39, 0.29) is 18.4 Å². The predicted molar refractivity (Wildman–Crippen MR) is 117 cm³/mol. The number of halogens is 1. The van der Waals surface area contributed by atoms with Gasteiger partial charge in [-0.05, 0) is 24.6 Å². The van der Waals surface area contributed by atoms with Gasteiger partial charge in [0, 0.05) is 37.0 Å². The zero-order valence-electron chi connectivity index (χ0n) is 16.0. The van der Waals surface area contributed by atoms with Crippen molar-refractivity contribution in [1.82, 2.24) is 9.88 Å². The van der Waals surface area contributed by atoms with Crippen LogP contribution in [-0.4, -0.2) is 29.0 Å². The zero-order valence-corrected chi connectivity index (χ0v) is 17.6. The molecule has 0 saturated carbocycles. The summed E-state index contributed by atoms with van der Waals surface area (Å²) in [5, 5.41) is 3.14. The summed E-state index contributed by atoms with van der Waals surface area (Å²) in [5.41, 5.74) is 10.1. The summed E-state index contributed by atoms with van der Waals surface area (Å²) in [6, 6.07) is 18.9. The van der Waals surface area contributed by atoms with Crippen molar-refractivity contribution in [1.29, 1.82) is 0 Å². The van der Waals surface area contributed by atoms with Gasteiger partial charge in [-0.25, -0.2) is 4.98 Å². The van der Waals surface area contributed by atoms with Gasteiger partial charge >= 0.3 is 0 Å². The van der Waals surface area contributed by atoms with Gasteiger partial charge in [0.2, 0.25) is 0 Å². The molecule has 3 aromatic rings. The molecule has 0 radical (unpaired) electrons. The molecule has 0 aliphatic carbocycles. The molecule has 1 saturated heterocycles. The Morgan fingerprint density at radius 1 is 1.11 bits per heavy atom. The van der Waals surface area contributed by atoms with E-state index in [9.17, 15) is 0 Å². The molecule has 4 nitrogen and oxygen atoms in total. The van der Waals surface area contributed by atoms with Crippen LogP contribution in [0.2, 0.25) is 0 Å². The Bertz CT molecular complexity index is 869. The van der Waals surface area contributed by atoms with Gasteiger partial charge in [0.15, 0.2) is 0 Å². The van der Waals surface area contributed by atoms with Crippen molar-refractivity contribution >= 4 is 23.7 Å². The third-order valence-corrected chi connectivity index (χ3v) is 5.91. The van der Waals surface area contributed by atoms with Gasteiger partial charge in [0.1, 0.15) is 17.4 Å². The van der Waals surface area contributed by atoms with Gasteiger partial charge in [-0.1, -0.05) is 48.0 Å². The third-order valence-electron chi connectivity index (χ3n) is 5.04. The average molecular weight is 416 g/mol. The van der Waals surface area contributed by atoms with Gasteiger partial charge < -0.3 is 10.5 Å². The monoisotopic (exact) mass is 415 g/mol. The van der Waals surface area contributed by atoms with Crippen molar-refractivity contribution in [3.05, 3.63) is 81.8 Å². The SMILES string of the molecule is Cc1ccc(OCc2nc(CN3C[C@@H](N)[C@H](c4ccccc4)C3)cs2)cc1.Cl. The third kappa shape index (κ3) is 5.11. The second-order valence-electron chi connectivity index (χ2n) is 7.21. The van der Waals surface area contributed by atoms with Gasteiger partial charge in [0.25, 0.3) is 0 Å². The number of nitrogens with two attached hydrogens (primary N) is 1. The first-order valence-corrected chi connectivity index (χ1v) is 10.2. The molecular weight excluding hydrogens is 390 g/mol. The Hall–Kier alpha value is -1.92. The molecule has 1 aliphatic rings. The number of aryl methyl sites for hydroxylation is 1. The second-order valence-corrected chi connectivity index (χ2v) is 8.15. The second kappa shape index (κ2) is 9.52. The van der Waals surface area contributed by atoms with Crippen LogP contribution in [0.5, 0.6) is 5.75 Å². The Morgan fingerprint density at radius 2 is 1.86 bits per heavy atom. The Morgan fingerprint density at radius 3 is 2.61 bits per heavy atom.